The van der Waals surface area contributed by atoms with Crippen LogP contribution >= 0.6 is 11.7 Å². The summed E-state index contributed by atoms with van der Waals surface area (Å²) in [4.78, 5) is 71.1. The summed E-state index contributed by atoms with van der Waals surface area (Å²) in [5.74, 6) is -7.93. The van der Waals surface area contributed by atoms with Gasteiger partial charge in [0.05, 0.1) is 22.8 Å². The Hall–Kier alpha value is -7.68. The summed E-state index contributed by atoms with van der Waals surface area (Å²) in [6, 6.07) is 8.66. The van der Waals surface area contributed by atoms with Crippen molar-refractivity contribution in [1.82, 2.24) is 33.1 Å². The van der Waals surface area contributed by atoms with E-state index in [1.807, 2.05) is 6.20 Å². The molecule has 7 rings (SSSR count). The minimum absolute atomic E-state index is 0.0115. The average Bonchev–Trinajstić information content (AvgIpc) is 3.92. The van der Waals surface area contributed by atoms with Gasteiger partial charge in [0.15, 0.2) is 0 Å². The first-order valence-electron chi connectivity index (χ1n) is 20.1. The Labute approximate surface area is 390 Å². The van der Waals surface area contributed by atoms with Crippen molar-refractivity contribution in [3.05, 3.63) is 90.7 Å². The second kappa shape index (κ2) is 24.2. The normalized spacial score (nSPS) is 16.6. The summed E-state index contributed by atoms with van der Waals surface area (Å²) < 4.78 is 55.3. The number of aliphatic carboxylic acids is 6. The highest BCUT2D eigenvalue weighted by Gasteiger charge is 2.30. The Morgan fingerprint density at radius 2 is 1.26 bits per heavy atom. The number of aromatic nitrogens is 5. The van der Waals surface area contributed by atoms with Crippen molar-refractivity contribution in [1.29, 1.82) is 0 Å². The highest BCUT2D eigenvalue weighted by atomic mass is 32.2. The molecule has 3 aromatic heterocycles. The molecule has 0 bridgehead atoms. The van der Waals surface area contributed by atoms with Crippen LogP contribution in [0.2, 0.25) is 0 Å². The minimum Gasteiger partial charge on any atom is -0.478 e. The first kappa shape index (κ1) is 52.9. The molecule has 1 saturated heterocycles. The van der Waals surface area contributed by atoms with Gasteiger partial charge in [-0.3, -0.25) is 9.62 Å². The number of likely N-dealkylation sites (N-methyl/N-ethyl adjacent to an activating group) is 1. The van der Waals surface area contributed by atoms with E-state index in [-0.39, 0.29) is 22.1 Å². The van der Waals surface area contributed by atoms with Crippen LogP contribution < -0.4 is 10.5 Å². The summed E-state index contributed by atoms with van der Waals surface area (Å²) >= 11 is 0.929. The quantitative estimate of drug-likeness (QED) is 0.0824. The van der Waals surface area contributed by atoms with Crippen molar-refractivity contribution in [3.63, 3.8) is 0 Å². The average molecular weight is 984 g/mol. The highest BCUT2D eigenvalue weighted by molar-refractivity contribution is 7.93. The monoisotopic (exact) mass is 983 g/mol. The topological polar surface area (TPSA) is 359 Å². The molecule has 2 fully saturated rings. The second-order valence-corrected chi connectivity index (χ2v) is 17.0. The fraction of sp³-hybridized carbons (Fsp3) is 0.286. The van der Waals surface area contributed by atoms with Crippen LogP contribution in [0.5, 0.6) is 0 Å². The fourth-order valence-corrected chi connectivity index (χ4v) is 9.21. The van der Waals surface area contributed by atoms with Gasteiger partial charge in [0.2, 0.25) is 0 Å². The van der Waals surface area contributed by atoms with Crippen LogP contribution in [0.3, 0.4) is 0 Å². The Morgan fingerprint density at radius 1 is 0.750 bits per heavy atom. The van der Waals surface area contributed by atoms with E-state index in [1.165, 1.54) is 18.5 Å². The van der Waals surface area contributed by atoms with E-state index in [4.69, 9.17) is 36.4 Å². The summed E-state index contributed by atoms with van der Waals surface area (Å²) in [7, 11) is -1.97. The molecule has 2 aromatic carbocycles. The van der Waals surface area contributed by atoms with E-state index in [0.717, 1.165) is 69.2 Å². The maximum atomic E-state index is 15.6. The number of benzene rings is 2. The maximum absolute atomic E-state index is 15.6. The zero-order chi connectivity index (χ0) is 50.3. The molecule has 1 aliphatic heterocycles. The number of carboxylic acids is 6. The largest absolute Gasteiger partial charge is 0.478 e. The summed E-state index contributed by atoms with van der Waals surface area (Å²) in [6.07, 6.45) is 11.1. The van der Waals surface area contributed by atoms with Crippen LogP contribution in [0.15, 0.2) is 84.2 Å². The van der Waals surface area contributed by atoms with Crippen molar-refractivity contribution in [3.8, 4) is 11.1 Å². The molecule has 0 radical (unpaired) electrons. The lowest BCUT2D eigenvalue weighted by molar-refractivity contribution is -0.134. The third-order valence-electron chi connectivity index (χ3n) is 10.2. The number of carboxylic acid groups (broad SMARTS) is 6. The number of nitrogens with zero attached hydrogens (tertiary/aromatic N) is 7. The number of aryl methyl sites for hydroxylation is 1. The molecule has 0 unspecified atom stereocenters. The number of hydrogen-bond donors (Lipinski definition) is 8. The fourth-order valence-electron chi connectivity index (χ4n) is 7.15. The zero-order valence-corrected chi connectivity index (χ0v) is 37.8. The van der Waals surface area contributed by atoms with Gasteiger partial charge >= 0.3 is 35.8 Å². The second-order valence-electron chi connectivity index (χ2n) is 14.9. The molecular formula is C42H46FN9O14S2. The van der Waals surface area contributed by atoms with Gasteiger partial charge in [0.1, 0.15) is 39.5 Å². The molecule has 26 heteroatoms. The number of carbonyl (C=O) groups is 6. The Bertz CT molecular complexity index is 2740. The Balaban J connectivity index is 0.000000346. The smallest absolute Gasteiger partial charge is 0.328 e. The van der Waals surface area contributed by atoms with E-state index in [1.54, 1.807) is 25.1 Å². The molecule has 68 heavy (non-hydrogen) atoms. The van der Waals surface area contributed by atoms with Gasteiger partial charge in [-0.15, -0.1) is 0 Å². The molecule has 1 aliphatic carbocycles. The molecule has 9 N–H and O–H groups in total. The number of hydrogen-bond acceptors (Lipinski definition) is 16. The number of rotatable bonds is 12. The lowest BCUT2D eigenvalue weighted by atomic mass is 9.89. The van der Waals surface area contributed by atoms with Crippen LogP contribution in [0.1, 0.15) is 37.3 Å². The van der Waals surface area contributed by atoms with Crippen molar-refractivity contribution < 1.29 is 72.2 Å². The number of piperazine rings is 1. The highest BCUT2D eigenvalue weighted by Crippen LogP contribution is 2.40. The van der Waals surface area contributed by atoms with E-state index in [2.05, 4.69) is 44.9 Å². The van der Waals surface area contributed by atoms with Crippen molar-refractivity contribution in [2.75, 3.05) is 43.7 Å². The van der Waals surface area contributed by atoms with Crippen LogP contribution in [0, 0.1) is 12.7 Å². The molecule has 5 aromatic rings. The van der Waals surface area contributed by atoms with Gasteiger partial charge in [0, 0.05) is 86.5 Å². The molecule has 0 amide bonds. The standard InChI is InChI=1S/C30H34FN9O2S2.3C4H4O4/c1-18-3-9-25-27(36-43-35-25)28(18)44(41,42)37-24-10-4-19(15-23(24)31)22-16-40(30-26(22)29(32)33-17-34-30)21-7-5-20(6-8-21)39-13-11-38(2)12-14-39;3*5-3(6)1-2-4(7)8/h3-4,9-10,15-17,20-21,37H,5-8,11-14H2,1-2H3,(H2,32,33,34);3*1-2H,(H,5,6)(H,7,8)/b;3*2-1-. The van der Waals surface area contributed by atoms with Crippen LogP contribution in [0.4, 0.5) is 15.9 Å². The van der Waals surface area contributed by atoms with Gasteiger partial charge in [-0.2, -0.15) is 8.75 Å². The number of nitrogens with one attached hydrogen (secondary N) is 1. The van der Waals surface area contributed by atoms with E-state index >= 15 is 4.39 Å². The van der Waals surface area contributed by atoms with Gasteiger partial charge < -0.3 is 45.8 Å². The SMILES string of the molecule is Cc1ccc2nsnc2c1S(=O)(=O)Nc1ccc(-c2cn(C3CCC(N4CCN(C)CC4)CC3)c3ncnc(N)c23)cc1F.O=C(O)/C=C\C(=O)O.O=C(O)/C=C\C(=O)O.O=C(O)/C=C\C(=O)O. The van der Waals surface area contributed by atoms with Crippen molar-refractivity contribution >= 4 is 91.1 Å². The molecule has 0 atom stereocenters. The lowest BCUT2D eigenvalue weighted by Gasteiger charge is -2.41. The zero-order valence-electron chi connectivity index (χ0n) is 36.2. The number of anilines is 2. The number of halogens is 1. The molecule has 4 heterocycles. The number of nitrogens with two attached hydrogens (primary N) is 1. The van der Waals surface area contributed by atoms with Crippen molar-refractivity contribution in [2.24, 2.45) is 0 Å². The van der Waals surface area contributed by atoms with E-state index in [0.29, 0.717) is 75.9 Å². The molecule has 1 saturated carbocycles. The van der Waals surface area contributed by atoms with E-state index in [9.17, 15) is 37.2 Å². The van der Waals surface area contributed by atoms with Gasteiger partial charge in [-0.1, -0.05) is 12.1 Å². The van der Waals surface area contributed by atoms with Gasteiger partial charge in [-0.25, -0.2) is 51.5 Å². The molecule has 2 aliphatic rings. The third-order valence-corrected chi connectivity index (χ3v) is 12.3. The summed E-state index contributed by atoms with van der Waals surface area (Å²) in [6.45, 7) is 6.12. The van der Waals surface area contributed by atoms with Crippen LogP contribution in [0.25, 0.3) is 33.2 Å². The Morgan fingerprint density at radius 3 is 1.76 bits per heavy atom. The predicted molar refractivity (Wildman–Crippen MR) is 244 cm³/mol. The first-order chi connectivity index (χ1) is 32.1. The van der Waals surface area contributed by atoms with Crippen LogP contribution in [-0.4, -0.2) is 147 Å². The number of sulfonamides is 1. The number of fused-ring (bicyclic) bond motifs is 2. The first-order valence-corrected chi connectivity index (χ1v) is 22.3. The maximum Gasteiger partial charge on any atom is 0.328 e. The summed E-state index contributed by atoms with van der Waals surface area (Å²) in [5, 5.41) is 47.5. The molecular weight excluding hydrogens is 938 g/mol. The lowest BCUT2D eigenvalue weighted by Crippen LogP contribution is -2.49. The van der Waals surface area contributed by atoms with Gasteiger partial charge in [0.25, 0.3) is 10.0 Å². The van der Waals surface area contributed by atoms with E-state index < -0.39 is 51.7 Å². The van der Waals surface area contributed by atoms with Gasteiger partial charge in [-0.05, 0) is 69.0 Å². The molecule has 0 spiro atoms. The molecule has 23 nitrogen and oxygen atoms in total. The summed E-state index contributed by atoms with van der Waals surface area (Å²) in [5.41, 5.74) is 9.43. The number of nitrogen functional groups attached to an aromatic ring is 1. The minimum atomic E-state index is -4.14. The predicted octanol–water partition coefficient (Wildman–Crippen LogP) is 3.80. The third kappa shape index (κ3) is 15.2. The van der Waals surface area contributed by atoms with Crippen molar-refractivity contribution in [2.45, 2.75) is 49.6 Å². The van der Waals surface area contributed by atoms with Crippen LogP contribution in [-0.2, 0) is 38.8 Å². The Kier molecular flexibility index (Phi) is 18.8. The molecule has 362 valence electrons.